The molecular formula is C14H21ClN2O3S. The molecule has 1 unspecified atom stereocenters. The van der Waals surface area contributed by atoms with Crippen molar-refractivity contribution in [3.05, 3.63) is 18.0 Å². The maximum absolute atomic E-state index is 12.3. The minimum atomic E-state index is -3.82. The Morgan fingerprint density at radius 2 is 2.14 bits per heavy atom. The van der Waals surface area contributed by atoms with Crippen LogP contribution in [0, 0.1) is 5.41 Å². The van der Waals surface area contributed by atoms with Crippen molar-refractivity contribution in [2.45, 2.75) is 50.5 Å². The van der Waals surface area contributed by atoms with Crippen LogP contribution >= 0.6 is 10.7 Å². The van der Waals surface area contributed by atoms with Crippen LogP contribution in [0.3, 0.4) is 0 Å². The smallest absolute Gasteiger partial charge is 0.268 e. The molecule has 0 spiro atoms. The molecular weight excluding hydrogens is 312 g/mol. The zero-order valence-corrected chi connectivity index (χ0v) is 14.1. The van der Waals surface area contributed by atoms with E-state index in [-0.39, 0.29) is 22.3 Å². The third kappa shape index (κ3) is 4.01. The summed E-state index contributed by atoms with van der Waals surface area (Å²) in [6, 6.07) is 1.44. The monoisotopic (exact) mass is 332 g/mol. The lowest BCUT2D eigenvalue weighted by molar-refractivity contribution is 0.0894. The van der Waals surface area contributed by atoms with Crippen molar-refractivity contribution < 1.29 is 13.2 Å². The van der Waals surface area contributed by atoms with Crippen LogP contribution in [0.15, 0.2) is 17.2 Å². The summed E-state index contributed by atoms with van der Waals surface area (Å²) < 4.78 is 24.1. The molecule has 1 N–H and O–H groups in total. The van der Waals surface area contributed by atoms with Gasteiger partial charge in [0.15, 0.2) is 0 Å². The number of amides is 1. The van der Waals surface area contributed by atoms with Crippen LogP contribution in [0.4, 0.5) is 0 Å². The first-order chi connectivity index (χ1) is 9.58. The van der Waals surface area contributed by atoms with E-state index in [1.807, 2.05) is 0 Å². The standard InChI is InChI=1S/C14H21ClN2O3S/c1-14(2)6-4-5-10(8-14)16-13(18)12-7-11(9-17(12)3)21(15,19)20/h7,9-10H,4-6,8H2,1-3H3,(H,16,18). The van der Waals surface area contributed by atoms with E-state index in [1.165, 1.54) is 16.8 Å². The highest BCUT2D eigenvalue weighted by atomic mass is 35.7. The van der Waals surface area contributed by atoms with Crippen molar-refractivity contribution in [1.82, 2.24) is 9.88 Å². The van der Waals surface area contributed by atoms with Gasteiger partial charge in [0.1, 0.15) is 10.6 Å². The average Bonchev–Trinajstić information content (AvgIpc) is 2.69. The number of nitrogens with one attached hydrogen (secondary N) is 1. The first kappa shape index (κ1) is 16.4. The lowest BCUT2D eigenvalue weighted by atomic mass is 9.75. The maximum Gasteiger partial charge on any atom is 0.268 e. The molecule has 1 aliphatic rings. The summed E-state index contributed by atoms with van der Waals surface area (Å²) in [5, 5.41) is 3.00. The molecule has 0 aliphatic heterocycles. The van der Waals surface area contributed by atoms with Crippen molar-refractivity contribution in [2.24, 2.45) is 12.5 Å². The number of aromatic nitrogens is 1. The number of hydrogen-bond acceptors (Lipinski definition) is 3. The molecule has 21 heavy (non-hydrogen) atoms. The summed E-state index contributed by atoms with van der Waals surface area (Å²) in [4.78, 5) is 12.3. The van der Waals surface area contributed by atoms with Crippen LogP contribution in [0.2, 0.25) is 0 Å². The van der Waals surface area contributed by atoms with Crippen LogP contribution in [-0.2, 0) is 16.1 Å². The number of aryl methyl sites for hydroxylation is 1. The van der Waals surface area contributed by atoms with E-state index in [9.17, 15) is 13.2 Å². The lowest BCUT2D eigenvalue weighted by Gasteiger charge is -2.35. The highest BCUT2D eigenvalue weighted by Gasteiger charge is 2.29. The van der Waals surface area contributed by atoms with Gasteiger partial charge in [-0.3, -0.25) is 4.79 Å². The van der Waals surface area contributed by atoms with E-state index in [0.717, 1.165) is 25.7 Å². The van der Waals surface area contributed by atoms with Crippen LogP contribution < -0.4 is 5.32 Å². The van der Waals surface area contributed by atoms with Gasteiger partial charge in [-0.05, 0) is 30.7 Å². The quantitative estimate of drug-likeness (QED) is 0.865. The van der Waals surface area contributed by atoms with Crippen LogP contribution in [0.1, 0.15) is 50.0 Å². The lowest BCUT2D eigenvalue weighted by Crippen LogP contribution is -2.41. The summed E-state index contributed by atoms with van der Waals surface area (Å²) in [7, 11) is 3.12. The van der Waals surface area contributed by atoms with Gasteiger partial charge >= 0.3 is 0 Å². The van der Waals surface area contributed by atoms with Crippen molar-refractivity contribution in [1.29, 1.82) is 0 Å². The molecule has 1 aromatic heterocycles. The molecule has 0 aromatic carbocycles. The third-order valence-electron chi connectivity index (χ3n) is 4.03. The predicted octanol–water partition coefficient (Wildman–Crippen LogP) is 2.65. The largest absolute Gasteiger partial charge is 0.348 e. The van der Waals surface area contributed by atoms with Gasteiger partial charge in [0.05, 0.1) is 0 Å². The first-order valence-electron chi connectivity index (χ1n) is 7.00. The van der Waals surface area contributed by atoms with E-state index < -0.39 is 9.05 Å². The van der Waals surface area contributed by atoms with Gasteiger partial charge in [-0.15, -0.1) is 0 Å². The average molecular weight is 333 g/mol. The van der Waals surface area contributed by atoms with Crippen molar-refractivity contribution >= 4 is 25.6 Å². The fourth-order valence-corrected chi connectivity index (χ4v) is 3.76. The number of nitrogens with zero attached hydrogens (tertiary/aromatic N) is 1. The van der Waals surface area contributed by atoms with E-state index >= 15 is 0 Å². The summed E-state index contributed by atoms with van der Waals surface area (Å²) in [6.45, 7) is 4.40. The molecule has 0 radical (unpaired) electrons. The fourth-order valence-electron chi connectivity index (χ4n) is 2.97. The Balaban J connectivity index is 2.12. The molecule has 0 saturated heterocycles. The summed E-state index contributed by atoms with van der Waals surface area (Å²) in [5.74, 6) is -0.258. The van der Waals surface area contributed by atoms with Crippen molar-refractivity contribution in [2.75, 3.05) is 0 Å². The first-order valence-corrected chi connectivity index (χ1v) is 9.31. The van der Waals surface area contributed by atoms with Crippen LogP contribution in [0.25, 0.3) is 0 Å². The SMILES string of the molecule is Cn1cc(S(=O)(=O)Cl)cc1C(=O)NC1CCCC(C)(C)C1. The topological polar surface area (TPSA) is 68.2 Å². The normalized spacial score (nSPS) is 22.0. The van der Waals surface area contributed by atoms with Gasteiger partial charge in [0.25, 0.3) is 15.0 Å². The molecule has 5 nitrogen and oxygen atoms in total. The van der Waals surface area contributed by atoms with Crippen molar-refractivity contribution in [3.63, 3.8) is 0 Å². The Morgan fingerprint density at radius 3 is 2.67 bits per heavy atom. The van der Waals surface area contributed by atoms with Gasteiger partial charge in [0, 0.05) is 30.0 Å². The highest BCUT2D eigenvalue weighted by molar-refractivity contribution is 8.13. The van der Waals surface area contributed by atoms with Gasteiger partial charge in [-0.1, -0.05) is 20.3 Å². The van der Waals surface area contributed by atoms with E-state index in [2.05, 4.69) is 19.2 Å². The molecule has 1 heterocycles. The van der Waals surface area contributed by atoms with Crippen molar-refractivity contribution in [3.8, 4) is 0 Å². The maximum atomic E-state index is 12.3. The van der Waals surface area contributed by atoms with Crippen LogP contribution in [-0.4, -0.2) is 24.9 Å². The number of rotatable bonds is 3. The minimum absolute atomic E-state index is 0.0548. The number of hydrogen-bond donors (Lipinski definition) is 1. The molecule has 2 rings (SSSR count). The number of halogens is 1. The van der Waals surface area contributed by atoms with Gasteiger partial charge in [0.2, 0.25) is 0 Å². The van der Waals surface area contributed by atoms with Gasteiger partial charge in [-0.25, -0.2) is 8.42 Å². The number of carbonyl (C=O) groups excluding carboxylic acids is 1. The molecule has 1 fully saturated rings. The molecule has 1 saturated carbocycles. The molecule has 1 atom stereocenters. The molecule has 1 aliphatic carbocycles. The van der Waals surface area contributed by atoms with E-state index in [4.69, 9.17) is 10.7 Å². The fraction of sp³-hybridized carbons (Fsp3) is 0.643. The second kappa shape index (κ2) is 5.65. The Kier molecular flexibility index (Phi) is 4.40. The second-order valence-corrected chi connectivity index (χ2v) is 9.11. The Labute approximate surface area is 130 Å². The second-order valence-electron chi connectivity index (χ2n) is 6.54. The van der Waals surface area contributed by atoms with E-state index in [1.54, 1.807) is 7.05 Å². The Bertz CT molecular complexity index is 649. The predicted molar refractivity (Wildman–Crippen MR) is 82.0 cm³/mol. The molecule has 1 aromatic rings. The van der Waals surface area contributed by atoms with E-state index in [0.29, 0.717) is 5.69 Å². The number of carbonyl (C=O) groups is 1. The zero-order valence-electron chi connectivity index (χ0n) is 12.5. The molecule has 118 valence electrons. The Hall–Kier alpha value is -1.01. The third-order valence-corrected chi connectivity index (χ3v) is 5.36. The highest BCUT2D eigenvalue weighted by Crippen LogP contribution is 2.35. The summed E-state index contributed by atoms with van der Waals surface area (Å²) in [5.41, 5.74) is 0.535. The summed E-state index contributed by atoms with van der Waals surface area (Å²) in [6.07, 6.45) is 5.50. The Morgan fingerprint density at radius 1 is 1.48 bits per heavy atom. The minimum Gasteiger partial charge on any atom is -0.348 e. The van der Waals surface area contributed by atoms with Gasteiger partial charge in [-0.2, -0.15) is 0 Å². The molecule has 7 heteroatoms. The van der Waals surface area contributed by atoms with Crippen LogP contribution in [0.5, 0.6) is 0 Å². The molecule has 0 bridgehead atoms. The zero-order chi connectivity index (χ0) is 15.8. The summed E-state index contributed by atoms with van der Waals surface area (Å²) >= 11 is 0. The molecule has 1 amide bonds. The van der Waals surface area contributed by atoms with Gasteiger partial charge < -0.3 is 9.88 Å².